The molecule has 1 aromatic carbocycles. The summed E-state index contributed by atoms with van der Waals surface area (Å²) in [4.78, 5) is 17.9. The highest BCUT2D eigenvalue weighted by Gasteiger charge is 2.10. The van der Waals surface area contributed by atoms with E-state index in [0.717, 1.165) is 33.3 Å². The molecular formula is C19H20N4O2S. The summed E-state index contributed by atoms with van der Waals surface area (Å²) < 4.78 is 5.01. The van der Waals surface area contributed by atoms with Crippen molar-refractivity contribution in [2.24, 2.45) is 0 Å². The van der Waals surface area contributed by atoms with E-state index in [4.69, 9.17) is 4.74 Å². The third-order valence-electron chi connectivity index (χ3n) is 3.94. The average Bonchev–Trinajstić information content (AvgIpc) is 3.06. The van der Waals surface area contributed by atoms with Crippen LogP contribution in [0.25, 0.3) is 11.3 Å². The minimum Gasteiger partial charge on any atom is -0.480 e. The second-order valence-electron chi connectivity index (χ2n) is 5.69. The molecule has 3 rings (SSSR count). The van der Waals surface area contributed by atoms with Gasteiger partial charge in [-0.25, -0.2) is 4.98 Å². The van der Waals surface area contributed by atoms with E-state index in [1.807, 2.05) is 25.1 Å². The number of amides is 1. The van der Waals surface area contributed by atoms with Gasteiger partial charge in [-0.2, -0.15) is 0 Å². The first-order valence-electron chi connectivity index (χ1n) is 8.32. The fourth-order valence-corrected chi connectivity index (χ4v) is 3.39. The molecule has 0 bridgehead atoms. The SMILES string of the molecule is CCc1nc(C)c(CNC(=O)c2ccc(-c3ccc(OC)nn3)cc2)s1. The van der Waals surface area contributed by atoms with E-state index >= 15 is 0 Å². The van der Waals surface area contributed by atoms with Gasteiger partial charge in [0.15, 0.2) is 0 Å². The number of nitrogens with zero attached hydrogens (tertiary/aromatic N) is 3. The van der Waals surface area contributed by atoms with Crippen LogP contribution in [-0.4, -0.2) is 28.2 Å². The van der Waals surface area contributed by atoms with Crippen molar-refractivity contribution in [2.75, 3.05) is 7.11 Å². The van der Waals surface area contributed by atoms with Crippen molar-refractivity contribution >= 4 is 17.2 Å². The van der Waals surface area contributed by atoms with Gasteiger partial charge in [0.2, 0.25) is 5.88 Å². The predicted molar refractivity (Wildman–Crippen MR) is 101 cm³/mol. The maximum atomic E-state index is 12.4. The summed E-state index contributed by atoms with van der Waals surface area (Å²) in [6, 6.07) is 10.9. The summed E-state index contributed by atoms with van der Waals surface area (Å²) >= 11 is 1.65. The first-order chi connectivity index (χ1) is 12.6. The average molecular weight is 368 g/mol. The summed E-state index contributed by atoms with van der Waals surface area (Å²) in [5.41, 5.74) is 3.21. The summed E-state index contributed by atoms with van der Waals surface area (Å²) in [5.74, 6) is 0.359. The standard InChI is InChI=1S/C19H20N4O2S/c1-4-18-21-12(2)16(26-18)11-20-19(24)14-7-5-13(6-8-14)15-9-10-17(25-3)23-22-15/h5-10H,4,11H2,1-3H3,(H,20,24). The van der Waals surface area contributed by atoms with E-state index in [0.29, 0.717) is 18.0 Å². The smallest absolute Gasteiger partial charge is 0.251 e. The molecule has 0 saturated heterocycles. The van der Waals surface area contributed by atoms with E-state index in [1.54, 1.807) is 36.6 Å². The van der Waals surface area contributed by atoms with Crippen LogP contribution in [0.3, 0.4) is 0 Å². The minimum atomic E-state index is -0.108. The van der Waals surface area contributed by atoms with Crippen molar-refractivity contribution in [1.29, 1.82) is 0 Å². The number of nitrogens with one attached hydrogen (secondary N) is 1. The largest absolute Gasteiger partial charge is 0.480 e. The summed E-state index contributed by atoms with van der Waals surface area (Å²) in [7, 11) is 1.55. The molecule has 0 aliphatic rings. The number of ether oxygens (including phenoxy) is 1. The fraction of sp³-hybridized carbons (Fsp3) is 0.263. The maximum Gasteiger partial charge on any atom is 0.251 e. The lowest BCUT2D eigenvalue weighted by atomic mass is 10.1. The lowest BCUT2D eigenvalue weighted by molar-refractivity contribution is 0.0951. The molecule has 0 atom stereocenters. The number of aromatic nitrogens is 3. The topological polar surface area (TPSA) is 77.0 Å². The Morgan fingerprint density at radius 3 is 2.50 bits per heavy atom. The van der Waals surface area contributed by atoms with Gasteiger partial charge in [-0.1, -0.05) is 19.1 Å². The quantitative estimate of drug-likeness (QED) is 0.721. The molecule has 3 aromatic rings. The van der Waals surface area contributed by atoms with Gasteiger partial charge in [0.1, 0.15) is 0 Å². The van der Waals surface area contributed by atoms with Crippen molar-refractivity contribution in [3.05, 3.63) is 57.5 Å². The number of hydrogen-bond acceptors (Lipinski definition) is 6. The Balaban J connectivity index is 1.65. The van der Waals surface area contributed by atoms with E-state index in [9.17, 15) is 4.79 Å². The van der Waals surface area contributed by atoms with Crippen LogP contribution in [0.2, 0.25) is 0 Å². The number of aryl methyl sites for hydroxylation is 2. The van der Waals surface area contributed by atoms with Crippen molar-refractivity contribution in [1.82, 2.24) is 20.5 Å². The van der Waals surface area contributed by atoms with E-state index in [1.165, 1.54) is 0 Å². The van der Waals surface area contributed by atoms with Crippen molar-refractivity contribution in [3.8, 4) is 17.1 Å². The van der Waals surface area contributed by atoms with Gasteiger partial charge < -0.3 is 10.1 Å². The van der Waals surface area contributed by atoms with E-state index < -0.39 is 0 Å². The molecule has 0 aliphatic heterocycles. The first kappa shape index (κ1) is 18.0. The Bertz CT molecular complexity index is 889. The Kier molecular flexibility index (Phi) is 5.58. The fourth-order valence-electron chi connectivity index (χ4n) is 2.44. The number of benzene rings is 1. The Morgan fingerprint density at radius 1 is 1.15 bits per heavy atom. The number of rotatable bonds is 6. The number of thiazole rings is 1. The van der Waals surface area contributed by atoms with Gasteiger partial charge in [0, 0.05) is 22.1 Å². The van der Waals surface area contributed by atoms with Gasteiger partial charge in [0.05, 0.1) is 30.1 Å². The highest BCUT2D eigenvalue weighted by atomic mass is 32.1. The highest BCUT2D eigenvalue weighted by Crippen LogP contribution is 2.20. The number of hydrogen-bond donors (Lipinski definition) is 1. The molecule has 0 saturated carbocycles. The molecule has 0 fully saturated rings. The predicted octanol–water partition coefficient (Wildman–Crippen LogP) is 3.41. The Labute approximate surface area is 156 Å². The van der Waals surface area contributed by atoms with Crippen LogP contribution in [0.15, 0.2) is 36.4 Å². The van der Waals surface area contributed by atoms with Gasteiger partial charge in [0.25, 0.3) is 5.91 Å². The highest BCUT2D eigenvalue weighted by molar-refractivity contribution is 7.11. The maximum absolute atomic E-state index is 12.4. The lowest BCUT2D eigenvalue weighted by Gasteiger charge is -2.06. The molecule has 0 unspecified atom stereocenters. The van der Waals surface area contributed by atoms with Gasteiger partial charge in [-0.05, 0) is 31.5 Å². The molecule has 1 amide bonds. The number of carbonyl (C=O) groups is 1. The molecule has 2 heterocycles. The van der Waals surface area contributed by atoms with Gasteiger partial charge in [-0.3, -0.25) is 4.79 Å². The molecule has 0 aliphatic carbocycles. The number of methoxy groups -OCH3 is 1. The third kappa shape index (κ3) is 4.05. The molecule has 134 valence electrons. The molecule has 2 aromatic heterocycles. The number of carbonyl (C=O) groups excluding carboxylic acids is 1. The van der Waals surface area contributed by atoms with Crippen molar-refractivity contribution in [2.45, 2.75) is 26.8 Å². The first-order valence-corrected chi connectivity index (χ1v) is 9.14. The second-order valence-corrected chi connectivity index (χ2v) is 6.86. The Morgan fingerprint density at radius 2 is 1.92 bits per heavy atom. The molecule has 0 spiro atoms. The minimum absolute atomic E-state index is 0.108. The van der Waals surface area contributed by atoms with Crippen LogP contribution < -0.4 is 10.1 Å². The normalized spacial score (nSPS) is 10.6. The van der Waals surface area contributed by atoms with Gasteiger partial charge in [-0.15, -0.1) is 21.5 Å². The molecule has 6 nitrogen and oxygen atoms in total. The molecule has 1 N–H and O–H groups in total. The third-order valence-corrected chi connectivity index (χ3v) is 5.24. The van der Waals surface area contributed by atoms with Gasteiger partial charge >= 0.3 is 0 Å². The zero-order valence-corrected chi connectivity index (χ0v) is 15.8. The lowest BCUT2D eigenvalue weighted by Crippen LogP contribution is -2.22. The molecule has 26 heavy (non-hydrogen) atoms. The van der Waals surface area contributed by atoms with Crippen LogP contribution in [-0.2, 0) is 13.0 Å². The van der Waals surface area contributed by atoms with Crippen LogP contribution in [0, 0.1) is 6.92 Å². The summed E-state index contributed by atoms with van der Waals surface area (Å²) in [6.07, 6.45) is 0.912. The van der Waals surface area contributed by atoms with Crippen LogP contribution in [0.1, 0.15) is 32.9 Å². The molecular weight excluding hydrogens is 348 g/mol. The zero-order chi connectivity index (χ0) is 18.5. The summed E-state index contributed by atoms with van der Waals surface area (Å²) in [6.45, 7) is 4.55. The molecule has 0 radical (unpaired) electrons. The van der Waals surface area contributed by atoms with Crippen molar-refractivity contribution in [3.63, 3.8) is 0 Å². The second kappa shape index (κ2) is 8.05. The van der Waals surface area contributed by atoms with Crippen LogP contribution in [0.4, 0.5) is 0 Å². The van der Waals surface area contributed by atoms with Crippen LogP contribution >= 0.6 is 11.3 Å². The summed E-state index contributed by atoms with van der Waals surface area (Å²) in [5, 5.41) is 12.1. The molecule has 7 heteroatoms. The Hall–Kier alpha value is -2.80. The van der Waals surface area contributed by atoms with Crippen LogP contribution in [0.5, 0.6) is 5.88 Å². The van der Waals surface area contributed by atoms with E-state index in [2.05, 4.69) is 27.4 Å². The monoisotopic (exact) mass is 368 g/mol. The van der Waals surface area contributed by atoms with E-state index in [-0.39, 0.29) is 5.91 Å². The zero-order valence-electron chi connectivity index (χ0n) is 14.9. The van der Waals surface area contributed by atoms with Crippen molar-refractivity contribution < 1.29 is 9.53 Å².